The number of nitrogens with one attached hydrogen (secondary N) is 2. The molecule has 6 nitrogen and oxygen atoms in total. The monoisotopic (exact) mass is 376 g/mol. The summed E-state index contributed by atoms with van der Waals surface area (Å²) in [6.07, 6.45) is 1.11. The average molecular weight is 376 g/mol. The highest BCUT2D eigenvalue weighted by Crippen LogP contribution is 2.06. The van der Waals surface area contributed by atoms with Gasteiger partial charge in [0.15, 0.2) is 0 Å². The number of amides is 2. The maximum absolute atomic E-state index is 12.5. The van der Waals surface area contributed by atoms with Crippen molar-refractivity contribution in [1.29, 1.82) is 0 Å². The van der Waals surface area contributed by atoms with Gasteiger partial charge in [-0.15, -0.1) is 0 Å². The number of aryl methyl sites for hydroxylation is 2. The van der Waals surface area contributed by atoms with E-state index in [1.165, 1.54) is 6.07 Å². The van der Waals surface area contributed by atoms with Gasteiger partial charge >= 0.3 is 0 Å². The van der Waals surface area contributed by atoms with Crippen LogP contribution in [0.25, 0.3) is 0 Å². The minimum atomic E-state index is -2.09. The molecule has 0 radical (unpaired) electrons. The summed E-state index contributed by atoms with van der Waals surface area (Å²) in [5.74, 6) is -1.19. The van der Waals surface area contributed by atoms with E-state index in [-0.39, 0.29) is 11.4 Å². The van der Waals surface area contributed by atoms with Gasteiger partial charge in [-0.2, -0.15) is 0 Å². The van der Waals surface area contributed by atoms with E-state index in [1.807, 2.05) is 38.1 Å². The van der Waals surface area contributed by atoms with Crippen molar-refractivity contribution in [3.8, 4) is 0 Å². The van der Waals surface area contributed by atoms with Crippen LogP contribution in [-0.4, -0.2) is 21.8 Å². The first-order valence-electron chi connectivity index (χ1n) is 9.80. The topological polar surface area (TPSA) is 84.0 Å². The zero-order chi connectivity index (χ0) is 21.7. The summed E-state index contributed by atoms with van der Waals surface area (Å²) >= 11 is 0. The first-order chi connectivity index (χ1) is 14.2. The lowest BCUT2D eigenvalue weighted by atomic mass is 10.1. The molecular weight excluding hydrogens is 352 g/mol. The number of hydrogen-bond acceptors (Lipinski definition) is 4. The second kappa shape index (κ2) is 8.90. The van der Waals surface area contributed by atoms with Crippen LogP contribution in [0.15, 0.2) is 60.9 Å². The van der Waals surface area contributed by atoms with Gasteiger partial charge in [0.1, 0.15) is 17.7 Å². The van der Waals surface area contributed by atoms with Crippen LogP contribution in [0, 0.1) is 13.8 Å². The smallest absolute Gasteiger partial charge is 0.270 e. The Morgan fingerprint density at radius 1 is 0.857 bits per heavy atom. The fourth-order valence-corrected chi connectivity index (χ4v) is 2.53. The third-order valence-corrected chi connectivity index (χ3v) is 4.04. The number of carbonyl (C=O) groups is 2. The predicted molar refractivity (Wildman–Crippen MR) is 107 cm³/mol. The first kappa shape index (κ1) is 16.6. The Labute approximate surface area is 166 Å². The van der Waals surface area contributed by atoms with E-state index in [4.69, 9.17) is 2.74 Å². The van der Waals surface area contributed by atoms with E-state index in [0.717, 1.165) is 23.0 Å². The predicted octanol–water partition coefficient (Wildman–Crippen LogP) is 2.95. The quantitative estimate of drug-likeness (QED) is 0.693. The highest BCUT2D eigenvalue weighted by molar-refractivity contribution is 5.97. The summed E-state index contributed by atoms with van der Waals surface area (Å²) in [6.45, 7) is 2.09. The highest BCUT2D eigenvalue weighted by Gasteiger charge is 2.13. The van der Waals surface area contributed by atoms with Gasteiger partial charge < -0.3 is 10.6 Å². The Hall–Kier alpha value is -3.54. The fourth-order valence-electron chi connectivity index (χ4n) is 2.53. The van der Waals surface area contributed by atoms with Crippen molar-refractivity contribution in [1.82, 2.24) is 20.6 Å². The fraction of sp³-hybridized carbons (Fsp3) is 0.182. The summed E-state index contributed by atoms with van der Waals surface area (Å²) in [6, 6.07) is 15.7. The molecule has 28 heavy (non-hydrogen) atoms. The maximum Gasteiger partial charge on any atom is 0.270 e. The zero-order valence-corrected chi connectivity index (χ0v) is 15.7. The largest absolute Gasteiger partial charge is 0.347 e. The number of aromatic nitrogens is 2. The number of nitrogens with zero attached hydrogens (tertiary/aromatic N) is 2. The van der Waals surface area contributed by atoms with Crippen LogP contribution in [-0.2, 0) is 13.0 Å². The maximum atomic E-state index is 12.5. The van der Waals surface area contributed by atoms with Crippen LogP contribution in [0.1, 0.15) is 46.0 Å². The Morgan fingerprint density at radius 2 is 1.54 bits per heavy atom. The Bertz CT molecular complexity index is 1070. The number of carbonyl (C=O) groups excluding carboxylic acids is 2. The first-order valence-corrected chi connectivity index (χ1v) is 8.80. The summed E-state index contributed by atoms with van der Waals surface area (Å²) in [4.78, 5) is 32.7. The van der Waals surface area contributed by atoms with Crippen molar-refractivity contribution in [2.75, 3.05) is 0 Å². The molecule has 0 saturated carbocycles. The molecule has 0 aliphatic rings. The molecule has 142 valence electrons. The van der Waals surface area contributed by atoms with Gasteiger partial charge in [-0.05, 0) is 25.0 Å². The Morgan fingerprint density at radius 3 is 2.21 bits per heavy atom. The van der Waals surface area contributed by atoms with Gasteiger partial charge in [-0.3, -0.25) is 9.59 Å². The molecule has 3 aromatic rings. The van der Waals surface area contributed by atoms with E-state index in [1.54, 1.807) is 24.3 Å². The molecule has 0 atom stereocenters. The summed E-state index contributed by atoms with van der Waals surface area (Å²) in [5.41, 5.74) is 3.26. The van der Waals surface area contributed by atoms with Gasteiger partial charge in [0.25, 0.3) is 11.8 Å². The second-order valence-electron chi connectivity index (χ2n) is 6.41. The molecule has 1 aromatic heterocycles. The van der Waals surface area contributed by atoms with Crippen LogP contribution < -0.4 is 10.6 Å². The normalized spacial score (nSPS) is 11.9. The van der Waals surface area contributed by atoms with Gasteiger partial charge in [-0.25, -0.2) is 9.97 Å². The summed E-state index contributed by atoms with van der Waals surface area (Å²) < 4.78 is 16.3. The van der Waals surface area contributed by atoms with Gasteiger partial charge in [0, 0.05) is 19.1 Å². The molecule has 0 bridgehead atoms. The minimum Gasteiger partial charge on any atom is -0.347 e. The van der Waals surface area contributed by atoms with E-state index in [2.05, 4.69) is 20.6 Å². The van der Waals surface area contributed by atoms with Crippen LogP contribution >= 0.6 is 0 Å². The second-order valence-corrected chi connectivity index (χ2v) is 6.41. The van der Waals surface area contributed by atoms with Gasteiger partial charge in [-0.1, -0.05) is 59.7 Å². The molecule has 0 aliphatic heterocycles. The number of rotatable bonds is 6. The SMILES string of the molecule is [2H]C([2H])(NC(=O)c1cc(C(=O)NCc2cccc(C)c2)ncn1)c1ccc(C)cc1. The third kappa shape index (κ3) is 5.23. The van der Waals surface area contributed by atoms with Crippen LogP contribution in [0.2, 0.25) is 0 Å². The van der Waals surface area contributed by atoms with Crippen molar-refractivity contribution in [3.63, 3.8) is 0 Å². The van der Waals surface area contributed by atoms with Crippen LogP contribution in [0.3, 0.4) is 0 Å². The van der Waals surface area contributed by atoms with E-state index >= 15 is 0 Å². The minimum absolute atomic E-state index is 0.0266. The van der Waals surface area contributed by atoms with Gasteiger partial charge in [0.05, 0.1) is 2.74 Å². The van der Waals surface area contributed by atoms with Crippen molar-refractivity contribution in [2.24, 2.45) is 0 Å². The summed E-state index contributed by atoms with van der Waals surface area (Å²) in [5, 5.41) is 5.06. The van der Waals surface area contributed by atoms with E-state index in [0.29, 0.717) is 12.1 Å². The molecule has 1 heterocycles. The zero-order valence-electron chi connectivity index (χ0n) is 17.7. The van der Waals surface area contributed by atoms with E-state index in [9.17, 15) is 9.59 Å². The molecular formula is C22H22N4O2. The van der Waals surface area contributed by atoms with Gasteiger partial charge in [0.2, 0.25) is 0 Å². The molecule has 2 aromatic carbocycles. The standard InChI is InChI=1S/C22H22N4O2/c1-15-6-8-17(9-7-15)12-23-21(27)19-11-20(26-14-25-19)22(28)24-13-18-5-3-4-16(2)10-18/h3-11,14H,12-13H2,1-2H3,(H,23,27)(H,24,28)/i12D2. The molecule has 0 aliphatic carbocycles. The lowest BCUT2D eigenvalue weighted by Gasteiger charge is -2.08. The molecule has 2 N–H and O–H groups in total. The molecule has 0 spiro atoms. The summed E-state index contributed by atoms with van der Waals surface area (Å²) in [7, 11) is 0. The lowest BCUT2D eigenvalue weighted by Crippen LogP contribution is -2.27. The lowest BCUT2D eigenvalue weighted by molar-refractivity contribution is 0.0944. The number of benzene rings is 2. The third-order valence-electron chi connectivity index (χ3n) is 4.04. The molecule has 0 unspecified atom stereocenters. The van der Waals surface area contributed by atoms with Crippen molar-refractivity contribution >= 4 is 11.8 Å². The average Bonchev–Trinajstić information content (AvgIpc) is 2.72. The van der Waals surface area contributed by atoms with Crippen LogP contribution in [0.4, 0.5) is 0 Å². The molecule has 2 amide bonds. The van der Waals surface area contributed by atoms with E-state index < -0.39 is 18.3 Å². The highest BCUT2D eigenvalue weighted by atomic mass is 16.2. The number of hydrogen-bond donors (Lipinski definition) is 2. The molecule has 0 fully saturated rings. The van der Waals surface area contributed by atoms with Crippen molar-refractivity contribution < 1.29 is 12.3 Å². The molecule has 6 heteroatoms. The Kier molecular flexibility index (Phi) is 5.28. The van der Waals surface area contributed by atoms with Crippen molar-refractivity contribution in [2.45, 2.75) is 26.9 Å². The Balaban J connectivity index is 1.68. The van der Waals surface area contributed by atoms with Crippen molar-refractivity contribution in [3.05, 3.63) is 94.6 Å². The molecule has 3 rings (SSSR count). The molecule has 0 saturated heterocycles. The van der Waals surface area contributed by atoms with Crippen LogP contribution in [0.5, 0.6) is 0 Å².